The van der Waals surface area contributed by atoms with Crippen LogP contribution in [-0.2, 0) is 9.47 Å². The van der Waals surface area contributed by atoms with Crippen molar-refractivity contribution in [1.82, 2.24) is 0 Å². The lowest BCUT2D eigenvalue weighted by Gasteiger charge is -2.51. The summed E-state index contributed by atoms with van der Waals surface area (Å²) < 4.78 is 10.8. The number of rotatable bonds is 9. The van der Waals surface area contributed by atoms with Crippen molar-refractivity contribution in [2.45, 2.75) is 109 Å². The number of hydrogen-bond acceptors (Lipinski definition) is 4. The molecule has 3 rings (SSSR count). The van der Waals surface area contributed by atoms with Gasteiger partial charge in [0.05, 0.1) is 11.2 Å². The van der Waals surface area contributed by atoms with Crippen molar-refractivity contribution >= 4 is 0 Å². The number of ether oxygens (including phenoxy) is 2. The van der Waals surface area contributed by atoms with Gasteiger partial charge in [0.2, 0.25) is 0 Å². The van der Waals surface area contributed by atoms with Gasteiger partial charge in [0, 0.05) is 7.11 Å². The minimum Gasteiger partial charge on any atom is -0.387 e. The Kier molecular flexibility index (Phi) is 10.6. The molecule has 4 nitrogen and oxygen atoms in total. The fourth-order valence-corrected chi connectivity index (χ4v) is 6.61. The lowest BCUT2D eigenvalue weighted by Crippen LogP contribution is -2.55. The zero-order valence-electron chi connectivity index (χ0n) is 22.0. The van der Waals surface area contributed by atoms with Gasteiger partial charge in [-0.3, -0.25) is 0 Å². The van der Waals surface area contributed by atoms with Crippen LogP contribution in [0.4, 0.5) is 0 Å². The van der Waals surface area contributed by atoms with Crippen molar-refractivity contribution in [2.24, 2.45) is 17.3 Å². The highest BCUT2D eigenvalue weighted by Gasteiger charge is 2.58. The molecule has 3 aliphatic carbocycles. The second-order valence-corrected chi connectivity index (χ2v) is 11.3. The van der Waals surface area contributed by atoms with Gasteiger partial charge < -0.3 is 19.7 Å². The molecule has 0 spiro atoms. The maximum absolute atomic E-state index is 11.8. The van der Waals surface area contributed by atoms with Gasteiger partial charge in [0.1, 0.15) is 12.9 Å². The van der Waals surface area contributed by atoms with E-state index in [4.69, 9.17) is 9.47 Å². The summed E-state index contributed by atoms with van der Waals surface area (Å²) in [6.45, 7) is 11.0. The van der Waals surface area contributed by atoms with E-state index >= 15 is 0 Å². The van der Waals surface area contributed by atoms with Crippen LogP contribution in [0.5, 0.6) is 0 Å². The van der Waals surface area contributed by atoms with Gasteiger partial charge in [0.25, 0.3) is 0 Å². The molecule has 2 N–H and O–H groups in total. The molecule has 3 unspecified atom stereocenters. The molecule has 0 heterocycles. The van der Waals surface area contributed by atoms with Crippen LogP contribution in [0.1, 0.15) is 91.4 Å². The van der Waals surface area contributed by atoms with Crippen molar-refractivity contribution in [3.63, 3.8) is 0 Å². The molecule has 192 valence electrons. The third-order valence-corrected chi connectivity index (χ3v) is 8.69. The van der Waals surface area contributed by atoms with E-state index in [1.54, 1.807) is 7.11 Å². The molecule has 3 fully saturated rings. The number of aliphatic hydroxyl groups excluding tert-OH is 1. The van der Waals surface area contributed by atoms with Crippen LogP contribution in [0.3, 0.4) is 0 Å². The normalized spacial score (nSPS) is 34.0. The molecule has 0 radical (unpaired) electrons. The average Bonchev–Trinajstić information content (AvgIpc) is 3.15. The minimum atomic E-state index is -1.02. The monoisotopic (exact) mass is 472 g/mol. The van der Waals surface area contributed by atoms with Gasteiger partial charge in [-0.15, -0.1) is 12.8 Å². The third-order valence-electron chi connectivity index (χ3n) is 8.69. The summed E-state index contributed by atoms with van der Waals surface area (Å²) in [6, 6.07) is 0. The van der Waals surface area contributed by atoms with Gasteiger partial charge in [-0.2, -0.15) is 0 Å². The number of allylic oxidation sites excluding steroid dienone is 3. The second kappa shape index (κ2) is 12.5. The van der Waals surface area contributed by atoms with Crippen molar-refractivity contribution in [3.8, 4) is 12.8 Å². The summed E-state index contributed by atoms with van der Waals surface area (Å²) in [6.07, 6.45) is 24.8. The van der Waals surface area contributed by atoms with Crippen LogP contribution < -0.4 is 0 Å². The van der Waals surface area contributed by atoms with Crippen LogP contribution in [0, 0.1) is 30.1 Å². The Bertz CT molecular complexity index is 748. The van der Waals surface area contributed by atoms with E-state index in [9.17, 15) is 10.2 Å². The summed E-state index contributed by atoms with van der Waals surface area (Å²) in [5, 5.41) is 23.0. The molecule has 0 saturated heterocycles. The summed E-state index contributed by atoms with van der Waals surface area (Å²) in [5.41, 5.74) is 1.12. The van der Waals surface area contributed by atoms with Crippen LogP contribution in [0.25, 0.3) is 0 Å². The van der Waals surface area contributed by atoms with E-state index in [0.717, 1.165) is 63.4 Å². The Morgan fingerprint density at radius 2 is 1.85 bits per heavy atom. The number of fused-ring (bicyclic) bond motifs is 1. The first kappa shape index (κ1) is 28.9. The van der Waals surface area contributed by atoms with Gasteiger partial charge in [-0.05, 0) is 113 Å². The van der Waals surface area contributed by atoms with E-state index < -0.39 is 11.7 Å². The maximum atomic E-state index is 11.8. The van der Waals surface area contributed by atoms with Crippen LogP contribution in [-0.4, -0.2) is 41.4 Å². The Morgan fingerprint density at radius 1 is 1.15 bits per heavy atom. The fourth-order valence-electron chi connectivity index (χ4n) is 6.61. The third kappa shape index (κ3) is 6.64. The van der Waals surface area contributed by atoms with E-state index in [0.29, 0.717) is 19.1 Å². The fraction of sp³-hybridized carbons (Fsp3) is 0.733. The van der Waals surface area contributed by atoms with E-state index in [1.807, 2.05) is 6.08 Å². The molecular weight excluding hydrogens is 424 g/mol. The summed E-state index contributed by atoms with van der Waals surface area (Å²) in [7, 11) is 1.65. The zero-order chi connectivity index (χ0) is 25.4. The molecule has 5 atom stereocenters. The standard InChI is InChI=1S/C28H46O4.C2H2/c1-21-11-6-7-12-22(21)19-25(29)28(30)18-10-17-27(4)23(14-15-24(27)28)13-8-9-16-26(2,3)32-20-31-5;1-2/h8-9,19,23-25,29-30H,1,6-7,10-18,20H2,2-5H3;1-2H/b9-8+,22-19-;/t23-,24?,25?,27+,28?;/m0./s1. The number of methoxy groups -OCH3 is 1. The number of terminal acetylenes is 1. The summed E-state index contributed by atoms with van der Waals surface area (Å²) >= 11 is 0. The van der Waals surface area contributed by atoms with Crippen molar-refractivity contribution in [2.75, 3.05) is 13.9 Å². The lowest BCUT2D eigenvalue weighted by atomic mass is 9.57. The molecule has 34 heavy (non-hydrogen) atoms. The first-order chi connectivity index (χ1) is 16.1. The Hall–Kier alpha value is -1.38. The molecule has 4 heteroatoms. The second-order valence-electron chi connectivity index (χ2n) is 11.3. The molecule has 0 aromatic carbocycles. The Balaban J connectivity index is 0.00000199. The van der Waals surface area contributed by atoms with Gasteiger partial charge >= 0.3 is 0 Å². The van der Waals surface area contributed by atoms with Crippen molar-refractivity contribution < 1.29 is 19.7 Å². The largest absolute Gasteiger partial charge is 0.387 e. The van der Waals surface area contributed by atoms with Gasteiger partial charge in [0.15, 0.2) is 0 Å². The predicted molar refractivity (Wildman–Crippen MR) is 140 cm³/mol. The molecule has 3 saturated carbocycles. The Morgan fingerprint density at radius 3 is 2.53 bits per heavy atom. The van der Waals surface area contributed by atoms with Gasteiger partial charge in [-0.1, -0.05) is 31.2 Å². The van der Waals surface area contributed by atoms with Crippen LogP contribution in [0.15, 0.2) is 36.0 Å². The Labute approximate surface area is 208 Å². The van der Waals surface area contributed by atoms with Crippen molar-refractivity contribution in [1.29, 1.82) is 0 Å². The highest BCUT2D eigenvalue weighted by molar-refractivity contribution is 5.32. The van der Waals surface area contributed by atoms with Gasteiger partial charge in [-0.25, -0.2) is 0 Å². The van der Waals surface area contributed by atoms with Crippen LogP contribution >= 0.6 is 0 Å². The molecular formula is C30H48O4. The molecule has 0 aromatic heterocycles. The average molecular weight is 473 g/mol. The molecule has 0 aliphatic heterocycles. The zero-order valence-corrected chi connectivity index (χ0v) is 22.0. The van der Waals surface area contributed by atoms with E-state index in [-0.39, 0.29) is 16.9 Å². The minimum absolute atomic E-state index is 0.0719. The summed E-state index contributed by atoms with van der Waals surface area (Å²) in [4.78, 5) is 0. The number of hydrogen-bond donors (Lipinski definition) is 2. The summed E-state index contributed by atoms with van der Waals surface area (Å²) in [5.74, 6) is 0.690. The molecule has 0 bridgehead atoms. The lowest BCUT2D eigenvalue weighted by molar-refractivity contribution is -0.154. The maximum Gasteiger partial charge on any atom is 0.147 e. The number of aliphatic hydroxyl groups is 2. The van der Waals surface area contributed by atoms with Crippen LogP contribution in [0.2, 0.25) is 0 Å². The smallest absolute Gasteiger partial charge is 0.147 e. The van der Waals surface area contributed by atoms with E-state index in [1.165, 1.54) is 12.0 Å². The van der Waals surface area contributed by atoms with E-state index in [2.05, 4.69) is 52.3 Å². The molecule has 0 aromatic rings. The topological polar surface area (TPSA) is 58.9 Å². The quantitative estimate of drug-likeness (QED) is 0.234. The highest BCUT2D eigenvalue weighted by atomic mass is 16.7. The molecule has 3 aliphatic rings. The highest BCUT2D eigenvalue weighted by Crippen LogP contribution is 2.60. The SMILES string of the molecule is C#C.C=C1CCCC/C1=C/C(O)C1(O)CCC[C@@]2(C)C1CC[C@@H]2C/C=C/CC(C)(C)OCOC. The first-order valence-electron chi connectivity index (χ1n) is 13.0. The van der Waals surface area contributed by atoms with Crippen molar-refractivity contribution in [3.05, 3.63) is 36.0 Å². The molecule has 0 amide bonds. The predicted octanol–water partition coefficient (Wildman–Crippen LogP) is 6.34. The first-order valence-corrected chi connectivity index (χ1v) is 13.0.